The van der Waals surface area contributed by atoms with Crippen LogP contribution in [-0.2, 0) is 22.1 Å². The summed E-state index contributed by atoms with van der Waals surface area (Å²) in [5.41, 5.74) is 6.38. The highest BCUT2D eigenvalue weighted by molar-refractivity contribution is 5.88. The van der Waals surface area contributed by atoms with E-state index < -0.39 is 23.3 Å². The minimum atomic E-state index is -4.52. The summed E-state index contributed by atoms with van der Waals surface area (Å²) in [6.07, 6.45) is 0.309. The monoisotopic (exact) mass is 469 g/mol. The van der Waals surface area contributed by atoms with E-state index in [1.165, 1.54) is 11.8 Å². The van der Waals surface area contributed by atoms with Crippen LogP contribution in [0.2, 0.25) is 0 Å². The molecule has 0 aliphatic carbocycles. The number of nitrogen functional groups attached to an aromatic ring is 1. The van der Waals surface area contributed by atoms with Crippen molar-refractivity contribution in [2.45, 2.75) is 43.4 Å². The lowest BCUT2D eigenvalue weighted by atomic mass is 9.75. The van der Waals surface area contributed by atoms with Gasteiger partial charge in [0.1, 0.15) is 6.61 Å². The van der Waals surface area contributed by atoms with Gasteiger partial charge in [-0.3, -0.25) is 9.78 Å². The van der Waals surface area contributed by atoms with Crippen molar-refractivity contribution in [2.24, 2.45) is 0 Å². The Morgan fingerprint density at radius 3 is 2.66 bits per heavy atom. The first-order valence-corrected chi connectivity index (χ1v) is 10.5. The van der Waals surface area contributed by atoms with E-state index in [1.54, 1.807) is 0 Å². The van der Waals surface area contributed by atoms with Gasteiger partial charge in [0.15, 0.2) is 5.78 Å². The number of halogens is 4. The molecule has 0 saturated carbocycles. The van der Waals surface area contributed by atoms with Gasteiger partial charge in [0, 0.05) is 43.6 Å². The lowest BCUT2D eigenvalue weighted by Crippen LogP contribution is -2.51. The smallest absolute Gasteiger partial charge is 0.399 e. The van der Waals surface area contributed by atoms with E-state index in [9.17, 15) is 18.0 Å². The average Bonchev–Trinajstić information content (AvgIpc) is 2.75. The van der Waals surface area contributed by atoms with E-state index in [2.05, 4.69) is 9.88 Å². The molecule has 5 nitrogen and oxygen atoms in total. The van der Waals surface area contributed by atoms with Gasteiger partial charge < -0.3 is 15.4 Å². The molecule has 32 heavy (non-hydrogen) atoms. The summed E-state index contributed by atoms with van der Waals surface area (Å²) in [5.74, 6) is -1.15. The molecule has 0 bridgehead atoms. The first-order valence-electron chi connectivity index (χ1n) is 10.5. The molecule has 1 unspecified atom stereocenters. The first-order chi connectivity index (χ1) is 14.8. The van der Waals surface area contributed by atoms with Gasteiger partial charge in [-0.2, -0.15) is 13.2 Å². The predicted molar refractivity (Wildman–Crippen MR) is 118 cm³/mol. The van der Waals surface area contributed by atoms with Crippen LogP contribution in [0.25, 0.3) is 0 Å². The Hall–Kier alpha value is -2.16. The van der Waals surface area contributed by atoms with E-state index >= 15 is 0 Å². The number of rotatable bonds is 4. The summed E-state index contributed by atoms with van der Waals surface area (Å²) < 4.78 is 46.4. The highest BCUT2D eigenvalue weighted by Gasteiger charge is 2.46. The molecule has 1 aromatic heterocycles. The second-order valence-corrected chi connectivity index (χ2v) is 8.49. The molecule has 2 aliphatic rings. The lowest BCUT2D eigenvalue weighted by Gasteiger charge is -2.46. The number of nitrogens with zero attached hydrogens (tertiary/aromatic N) is 2. The molecule has 0 amide bonds. The standard InChI is InChI=1S/C23H26F3N3O2.ClH/c24-23(25,26)20-4-8-28-14-19(20)18-13-22(31-15-21(18)30)6-10-29(11-7-22)9-5-16-2-1-3-17(27)12-16;/h1-4,8,12,14,18H,5-7,9-11,13,15,27H2;1H. The summed E-state index contributed by atoms with van der Waals surface area (Å²) >= 11 is 0. The number of anilines is 1. The van der Waals surface area contributed by atoms with E-state index in [0.717, 1.165) is 44.0 Å². The molecule has 2 saturated heterocycles. The Kier molecular flexibility index (Phi) is 7.47. The number of Topliss-reactive ketones (excluding diaryl/α,β-unsaturated/α-hetero) is 1. The van der Waals surface area contributed by atoms with Crippen molar-refractivity contribution in [1.82, 2.24) is 9.88 Å². The number of carbonyl (C=O) groups is 1. The van der Waals surface area contributed by atoms with Gasteiger partial charge >= 0.3 is 6.18 Å². The van der Waals surface area contributed by atoms with Crippen LogP contribution in [0.5, 0.6) is 0 Å². The Balaban J connectivity index is 0.00000289. The zero-order chi connectivity index (χ0) is 22.1. The van der Waals surface area contributed by atoms with Crippen LogP contribution in [0.4, 0.5) is 18.9 Å². The second-order valence-electron chi connectivity index (χ2n) is 8.49. The Bertz CT molecular complexity index is 946. The average molecular weight is 470 g/mol. The van der Waals surface area contributed by atoms with E-state index in [0.29, 0.717) is 12.8 Å². The van der Waals surface area contributed by atoms with Crippen LogP contribution in [0, 0.1) is 0 Å². The van der Waals surface area contributed by atoms with Crippen molar-refractivity contribution in [3.8, 4) is 0 Å². The fourth-order valence-electron chi connectivity index (χ4n) is 4.66. The molecule has 9 heteroatoms. The fourth-order valence-corrected chi connectivity index (χ4v) is 4.66. The van der Waals surface area contributed by atoms with Crippen molar-refractivity contribution in [3.63, 3.8) is 0 Å². The SMILES string of the molecule is Cl.Nc1cccc(CCN2CCC3(CC2)CC(c2cnccc2C(F)(F)F)C(=O)CO3)c1. The van der Waals surface area contributed by atoms with Gasteiger partial charge in [-0.05, 0) is 55.0 Å². The number of pyridine rings is 1. The van der Waals surface area contributed by atoms with Crippen LogP contribution < -0.4 is 5.73 Å². The minimum absolute atomic E-state index is 0. The van der Waals surface area contributed by atoms with Crippen molar-refractivity contribution < 1.29 is 22.7 Å². The van der Waals surface area contributed by atoms with Crippen LogP contribution in [0.1, 0.15) is 41.9 Å². The molecule has 2 aromatic rings. The molecule has 1 aromatic carbocycles. The molecule has 2 fully saturated rings. The third-order valence-corrected chi connectivity index (χ3v) is 6.45. The number of nitrogens with two attached hydrogens (primary N) is 1. The van der Waals surface area contributed by atoms with E-state index in [1.807, 2.05) is 24.3 Å². The highest BCUT2D eigenvalue weighted by atomic mass is 35.5. The lowest BCUT2D eigenvalue weighted by molar-refractivity contribution is -0.155. The summed E-state index contributed by atoms with van der Waals surface area (Å²) in [4.78, 5) is 18.7. The number of hydrogen-bond donors (Lipinski definition) is 1. The molecular weight excluding hydrogens is 443 g/mol. The van der Waals surface area contributed by atoms with Crippen molar-refractivity contribution in [1.29, 1.82) is 0 Å². The fraction of sp³-hybridized carbons (Fsp3) is 0.478. The number of ketones is 1. The zero-order valence-electron chi connectivity index (χ0n) is 17.6. The number of likely N-dealkylation sites (tertiary alicyclic amines) is 1. The normalized spacial score (nSPS) is 21.3. The quantitative estimate of drug-likeness (QED) is 0.678. The zero-order valence-corrected chi connectivity index (χ0v) is 18.4. The molecule has 2 N–H and O–H groups in total. The molecule has 2 aliphatic heterocycles. The molecule has 174 valence electrons. The molecule has 3 heterocycles. The number of ether oxygens (including phenoxy) is 1. The first kappa shape index (κ1) is 24.5. The maximum Gasteiger partial charge on any atom is 0.416 e. The van der Waals surface area contributed by atoms with Gasteiger partial charge in [0.05, 0.1) is 11.2 Å². The highest BCUT2D eigenvalue weighted by Crippen LogP contribution is 2.43. The number of carbonyl (C=O) groups excluding carboxylic acids is 1. The number of alkyl halides is 3. The summed E-state index contributed by atoms with van der Waals surface area (Å²) in [6.45, 7) is 2.29. The Morgan fingerprint density at radius 1 is 1.22 bits per heavy atom. The number of aromatic nitrogens is 1. The summed E-state index contributed by atoms with van der Waals surface area (Å²) in [5, 5.41) is 0. The molecule has 4 rings (SSSR count). The van der Waals surface area contributed by atoms with Gasteiger partial charge in [-0.15, -0.1) is 12.4 Å². The Morgan fingerprint density at radius 2 is 1.97 bits per heavy atom. The third-order valence-electron chi connectivity index (χ3n) is 6.45. The van der Waals surface area contributed by atoms with Gasteiger partial charge in [0.25, 0.3) is 0 Å². The Labute approximate surface area is 191 Å². The van der Waals surface area contributed by atoms with Gasteiger partial charge in [-0.1, -0.05) is 12.1 Å². The minimum Gasteiger partial charge on any atom is -0.399 e. The number of piperidine rings is 1. The summed E-state index contributed by atoms with van der Waals surface area (Å²) in [7, 11) is 0. The van der Waals surface area contributed by atoms with E-state index in [4.69, 9.17) is 10.5 Å². The number of hydrogen-bond acceptors (Lipinski definition) is 5. The molecule has 1 spiro atoms. The third kappa shape index (κ3) is 5.42. The van der Waals surface area contributed by atoms with Gasteiger partial charge in [0.2, 0.25) is 0 Å². The summed E-state index contributed by atoms with van der Waals surface area (Å²) in [6, 6.07) is 8.77. The van der Waals surface area contributed by atoms with Crippen LogP contribution in [0.15, 0.2) is 42.7 Å². The number of benzene rings is 1. The van der Waals surface area contributed by atoms with Crippen LogP contribution in [-0.4, -0.2) is 47.5 Å². The molecule has 1 atom stereocenters. The van der Waals surface area contributed by atoms with Crippen molar-refractivity contribution >= 4 is 23.9 Å². The van der Waals surface area contributed by atoms with Crippen molar-refractivity contribution in [3.05, 3.63) is 59.4 Å². The van der Waals surface area contributed by atoms with E-state index in [-0.39, 0.29) is 36.8 Å². The van der Waals surface area contributed by atoms with Crippen LogP contribution in [0.3, 0.4) is 0 Å². The van der Waals surface area contributed by atoms with Gasteiger partial charge in [-0.25, -0.2) is 0 Å². The largest absolute Gasteiger partial charge is 0.416 e. The maximum atomic E-state index is 13.5. The molecular formula is C23H27ClF3N3O2. The topological polar surface area (TPSA) is 68.5 Å². The maximum absolute atomic E-state index is 13.5. The predicted octanol–water partition coefficient (Wildman–Crippen LogP) is 4.25. The van der Waals surface area contributed by atoms with Crippen molar-refractivity contribution in [2.75, 3.05) is 32.0 Å². The van der Waals surface area contributed by atoms with Crippen LogP contribution >= 0.6 is 12.4 Å². The second kappa shape index (κ2) is 9.77. The molecule has 0 radical (unpaired) electrons.